The molecule has 1 aromatic heterocycles. The standard InChI is InChI=1S/C15H16N2O4/c1-9-14(10(2)21-17-9)15(20)16-12(8-13(18)19)11-6-4-3-5-7-11/h3-7,12H,8H2,1-2H3,(H,16,20)(H,18,19). The Morgan fingerprint density at radius 3 is 2.48 bits per heavy atom. The van der Waals surface area contributed by atoms with Gasteiger partial charge in [0.25, 0.3) is 5.91 Å². The molecule has 0 saturated heterocycles. The fourth-order valence-electron chi connectivity index (χ4n) is 2.15. The Morgan fingerprint density at radius 1 is 1.29 bits per heavy atom. The average Bonchev–Trinajstić information content (AvgIpc) is 2.78. The first-order valence-corrected chi connectivity index (χ1v) is 6.49. The summed E-state index contributed by atoms with van der Waals surface area (Å²) in [6, 6.07) is 8.38. The van der Waals surface area contributed by atoms with Crippen molar-refractivity contribution in [1.82, 2.24) is 10.5 Å². The summed E-state index contributed by atoms with van der Waals surface area (Å²) >= 11 is 0. The molecule has 110 valence electrons. The van der Waals surface area contributed by atoms with E-state index >= 15 is 0 Å². The molecule has 1 atom stereocenters. The fourth-order valence-corrected chi connectivity index (χ4v) is 2.15. The van der Waals surface area contributed by atoms with E-state index in [9.17, 15) is 9.59 Å². The van der Waals surface area contributed by atoms with E-state index in [1.54, 1.807) is 38.1 Å². The normalized spacial score (nSPS) is 11.9. The van der Waals surface area contributed by atoms with E-state index in [2.05, 4.69) is 10.5 Å². The van der Waals surface area contributed by atoms with Gasteiger partial charge in [0.2, 0.25) is 0 Å². The van der Waals surface area contributed by atoms with Gasteiger partial charge < -0.3 is 14.9 Å². The molecule has 0 aliphatic rings. The summed E-state index contributed by atoms with van der Waals surface area (Å²) in [7, 11) is 0. The molecule has 0 aliphatic carbocycles. The van der Waals surface area contributed by atoms with Gasteiger partial charge in [0.1, 0.15) is 11.3 Å². The van der Waals surface area contributed by atoms with Crippen molar-refractivity contribution in [2.75, 3.05) is 0 Å². The van der Waals surface area contributed by atoms with Gasteiger partial charge in [0.15, 0.2) is 0 Å². The molecule has 0 fully saturated rings. The number of rotatable bonds is 5. The van der Waals surface area contributed by atoms with Crippen LogP contribution in [0, 0.1) is 13.8 Å². The predicted octanol–water partition coefficient (Wildman–Crippen LogP) is 2.24. The number of carbonyl (C=O) groups is 2. The van der Waals surface area contributed by atoms with Crippen LogP contribution in [0.5, 0.6) is 0 Å². The van der Waals surface area contributed by atoms with Gasteiger partial charge in [-0.05, 0) is 19.4 Å². The van der Waals surface area contributed by atoms with Crippen molar-refractivity contribution in [2.45, 2.75) is 26.3 Å². The molecular weight excluding hydrogens is 272 g/mol. The number of aromatic nitrogens is 1. The summed E-state index contributed by atoms with van der Waals surface area (Å²) in [6.45, 7) is 3.31. The van der Waals surface area contributed by atoms with E-state index in [1.165, 1.54) is 0 Å². The van der Waals surface area contributed by atoms with Gasteiger partial charge in [0.05, 0.1) is 18.2 Å². The number of benzene rings is 1. The highest BCUT2D eigenvalue weighted by Crippen LogP contribution is 2.19. The average molecular weight is 288 g/mol. The molecule has 2 rings (SSSR count). The summed E-state index contributed by atoms with van der Waals surface area (Å²) in [5, 5.41) is 15.5. The van der Waals surface area contributed by atoms with Crippen LogP contribution in [0.15, 0.2) is 34.9 Å². The van der Waals surface area contributed by atoms with E-state index in [1.807, 2.05) is 6.07 Å². The van der Waals surface area contributed by atoms with Crippen molar-refractivity contribution in [3.05, 3.63) is 52.9 Å². The van der Waals surface area contributed by atoms with E-state index in [4.69, 9.17) is 9.63 Å². The highest BCUT2D eigenvalue weighted by Gasteiger charge is 2.23. The maximum Gasteiger partial charge on any atom is 0.305 e. The lowest BCUT2D eigenvalue weighted by molar-refractivity contribution is -0.137. The first-order chi connectivity index (χ1) is 9.99. The van der Waals surface area contributed by atoms with Crippen LogP contribution < -0.4 is 5.32 Å². The predicted molar refractivity (Wildman–Crippen MR) is 74.9 cm³/mol. The summed E-state index contributed by atoms with van der Waals surface area (Å²) in [6.07, 6.45) is -0.195. The Bertz CT molecular complexity index is 629. The van der Waals surface area contributed by atoms with Crippen LogP contribution in [0.2, 0.25) is 0 Å². The lowest BCUT2D eigenvalue weighted by Crippen LogP contribution is -2.30. The Labute approximate surface area is 121 Å². The number of aryl methyl sites for hydroxylation is 2. The lowest BCUT2D eigenvalue weighted by atomic mass is 10.0. The minimum Gasteiger partial charge on any atom is -0.481 e. The molecular formula is C15H16N2O4. The van der Waals surface area contributed by atoms with Crippen LogP contribution in [-0.2, 0) is 4.79 Å². The molecule has 0 bridgehead atoms. The molecule has 1 amide bonds. The van der Waals surface area contributed by atoms with Gasteiger partial charge in [-0.25, -0.2) is 0 Å². The molecule has 1 heterocycles. The van der Waals surface area contributed by atoms with E-state index in [-0.39, 0.29) is 12.3 Å². The Kier molecular flexibility index (Phi) is 4.37. The lowest BCUT2D eigenvalue weighted by Gasteiger charge is -2.17. The van der Waals surface area contributed by atoms with Crippen LogP contribution in [0.4, 0.5) is 0 Å². The number of nitrogens with one attached hydrogen (secondary N) is 1. The Hall–Kier alpha value is -2.63. The second kappa shape index (κ2) is 6.21. The molecule has 2 N–H and O–H groups in total. The molecule has 21 heavy (non-hydrogen) atoms. The first-order valence-electron chi connectivity index (χ1n) is 6.49. The minimum absolute atomic E-state index is 0.195. The summed E-state index contributed by atoms with van der Waals surface area (Å²) < 4.78 is 4.96. The number of aliphatic carboxylic acids is 1. The molecule has 6 nitrogen and oxygen atoms in total. The highest BCUT2D eigenvalue weighted by atomic mass is 16.5. The van der Waals surface area contributed by atoms with Gasteiger partial charge >= 0.3 is 5.97 Å². The van der Waals surface area contributed by atoms with Crippen LogP contribution in [0.25, 0.3) is 0 Å². The third-order valence-electron chi connectivity index (χ3n) is 3.15. The zero-order chi connectivity index (χ0) is 15.4. The quantitative estimate of drug-likeness (QED) is 0.880. The number of carbonyl (C=O) groups excluding carboxylic acids is 1. The number of nitrogens with zero attached hydrogens (tertiary/aromatic N) is 1. The van der Waals surface area contributed by atoms with Crippen molar-refractivity contribution in [1.29, 1.82) is 0 Å². The second-order valence-electron chi connectivity index (χ2n) is 4.73. The Balaban J connectivity index is 2.23. The number of hydrogen-bond acceptors (Lipinski definition) is 4. The molecule has 1 unspecified atom stereocenters. The van der Waals surface area contributed by atoms with Crippen molar-refractivity contribution in [3.63, 3.8) is 0 Å². The molecule has 0 radical (unpaired) electrons. The molecule has 0 aliphatic heterocycles. The number of carboxylic acids is 1. The monoisotopic (exact) mass is 288 g/mol. The zero-order valence-corrected chi connectivity index (χ0v) is 11.8. The van der Waals surface area contributed by atoms with Crippen LogP contribution in [0.1, 0.15) is 39.8 Å². The maximum atomic E-state index is 12.3. The Morgan fingerprint density at radius 2 is 1.95 bits per heavy atom. The van der Waals surface area contributed by atoms with Crippen LogP contribution in [0.3, 0.4) is 0 Å². The smallest absolute Gasteiger partial charge is 0.305 e. The maximum absolute atomic E-state index is 12.3. The van der Waals surface area contributed by atoms with Gasteiger partial charge in [-0.2, -0.15) is 0 Å². The number of carboxylic acid groups (broad SMARTS) is 1. The van der Waals surface area contributed by atoms with E-state index in [0.29, 0.717) is 17.0 Å². The number of hydrogen-bond donors (Lipinski definition) is 2. The molecule has 0 saturated carbocycles. The second-order valence-corrected chi connectivity index (χ2v) is 4.73. The van der Waals surface area contributed by atoms with E-state index in [0.717, 1.165) is 5.56 Å². The number of amides is 1. The topological polar surface area (TPSA) is 92.4 Å². The third-order valence-corrected chi connectivity index (χ3v) is 3.15. The van der Waals surface area contributed by atoms with Gasteiger partial charge in [-0.1, -0.05) is 35.5 Å². The van der Waals surface area contributed by atoms with Crippen LogP contribution in [-0.4, -0.2) is 22.1 Å². The third kappa shape index (κ3) is 3.47. The van der Waals surface area contributed by atoms with Crippen LogP contribution >= 0.6 is 0 Å². The van der Waals surface area contributed by atoms with Gasteiger partial charge in [-0.15, -0.1) is 0 Å². The fraction of sp³-hybridized carbons (Fsp3) is 0.267. The summed E-state index contributed by atoms with van der Waals surface area (Å²) in [4.78, 5) is 23.3. The molecule has 0 spiro atoms. The molecule has 1 aromatic carbocycles. The van der Waals surface area contributed by atoms with Gasteiger partial charge in [0, 0.05) is 0 Å². The van der Waals surface area contributed by atoms with E-state index < -0.39 is 12.0 Å². The zero-order valence-electron chi connectivity index (χ0n) is 11.8. The van der Waals surface area contributed by atoms with Gasteiger partial charge in [-0.3, -0.25) is 9.59 Å². The van der Waals surface area contributed by atoms with Crippen molar-refractivity contribution in [2.24, 2.45) is 0 Å². The summed E-state index contributed by atoms with van der Waals surface area (Å²) in [5.41, 5.74) is 1.56. The summed E-state index contributed by atoms with van der Waals surface area (Å²) in [5.74, 6) is -0.962. The minimum atomic E-state index is -0.983. The van der Waals surface area contributed by atoms with Crippen molar-refractivity contribution >= 4 is 11.9 Å². The molecule has 2 aromatic rings. The van der Waals surface area contributed by atoms with Crippen molar-refractivity contribution < 1.29 is 19.2 Å². The largest absolute Gasteiger partial charge is 0.481 e. The molecule has 6 heteroatoms. The highest BCUT2D eigenvalue weighted by molar-refractivity contribution is 5.96. The first kappa shape index (κ1) is 14.8. The van der Waals surface area contributed by atoms with Crippen molar-refractivity contribution in [3.8, 4) is 0 Å². The SMILES string of the molecule is Cc1noc(C)c1C(=O)NC(CC(=O)O)c1ccccc1.